The topological polar surface area (TPSA) is 150 Å². The van der Waals surface area contributed by atoms with E-state index in [0.29, 0.717) is 57.1 Å². The fourth-order valence-corrected chi connectivity index (χ4v) is 10.0. The molecule has 4 unspecified atom stereocenters. The lowest BCUT2D eigenvalue weighted by Crippen LogP contribution is -2.26. The third-order valence-electron chi connectivity index (χ3n) is 11.8. The molecule has 15 nitrogen and oxygen atoms in total. The molecule has 4 atom stereocenters. The first kappa shape index (κ1) is 39.9. The van der Waals surface area contributed by atoms with E-state index in [4.69, 9.17) is 18.9 Å². The van der Waals surface area contributed by atoms with Crippen molar-refractivity contribution >= 4 is 55.6 Å². The smallest absolute Gasteiger partial charge is 0.179 e. The second-order valence-corrected chi connectivity index (χ2v) is 30.1. The van der Waals surface area contributed by atoms with E-state index in [9.17, 15) is 4.79 Å². The standard InChI is InChI=1S/C21H31N5O3Si.C19H27N5O2Si/c1-15-11-21(28-7-8-29-21)12-16(15)19-24-23-18-13-22-20-17(26(18)19)5-6-25(20)14-27-9-10-30(2,3)4;1-13-9-14(25)10-15(13)18-22-21-17-11-20-19-16(24(17)18)5-6-23(19)12-26-7-8-27(2,3)4/h5-6,13,15-16H,7-12,14H2,1-4H3;5-6,11,13,15H,7-10,12H2,1-4H3. The van der Waals surface area contributed by atoms with Gasteiger partial charge in [0, 0.05) is 79.3 Å². The Morgan fingerprint density at radius 3 is 1.68 bits per heavy atom. The molecule has 57 heavy (non-hydrogen) atoms. The molecule has 3 fully saturated rings. The monoisotopic (exact) mass is 814 g/mol. The molecule has 2 saturated carbocycles. The van der Waals surface area contributed by atoms with Gasteiger partial charge in [0.25, 0.3) is 0 Å². The number of hydrogen-bond donors (Lipinski definition) is 0. The Labute approximate surface area is 335 Å². The molecule has 0 aromatic carbocycles. The van der Waals surface area contributed by atoms with Gasteiger partial charge in [0.05, 0.1) is 36.6 Å². The van der Waals surface area contributed by atoms with Crippen LogP contribution in [0.4, 0.5) is 0 Å². The molecule has 306 valence electrons. The lowest BCUT2D eigenvalue weighted by molar-refractivity contribution is -0.152. The zero-order chi connectivity index (χ0) is 40.1. The molecule has 17 heteroatoms. The Kier molecular flexibility index (Phi) is 11.0. The summed E-state index contributed by atoms with van der Waals surface area (Å²) in [6, 6.07) is 6.42. The van der Waals surface area contributed by atoms with E-state index in [1.807, 2.05) is 23.0 Å². The van der Waals surface area contributed by atoms with Crippen molar-refractivity contribution in [3.05, 3.63) is 48.6 Å². The Morgan fingerprint density at radius 2 is 1.21 bits per heavy atom. The predicted octanol–water partition coefficient (Wildman–Crippen LogP) is 7.12. The van der Waals surface area contributed by atoms with Crippen molar-refractivity contribution in [1.29, 1.82) is 0 Å². The highest BCUT2D eigenvalue weighted by Crippen LogP contribution is 2.49. The van der Waals surface area contributed by atoms with E-state index >= 15 is 0 Å². The summed E-state index contributed by atoms with van der Waals surface area (Å²) in [4.78, 5) is 21.1. The number of Topliss-reactive ketones (excluding diaryl/α,β-unsaturated/α-hetero) is 1. The number of ether oxygens (including phenoxy) is 4. The zero-order valence-electron chi connectivity index (χ0n) is 34.8. The van der Waals surface area contributed by atoms with Gasteiger partial charge in [-0.1, -0.05) is 53.1 Å². The second kappa shape index (κ2) is 15.7. The molecule has 6 aromatic rings. The summed E-state index contributed by atoms with van der Waals surface area (Å²) in [5.41, 5.74) is 5.23. The van der Waals surface area contributed by atoms with Crippen LogP contribution in [-0.4, -0.2) is 102 Å². The van der Waals surface area contributed by atoms with Crippen LogP contribution in [0.25, 0.3) is 33.6 Å². The average Bonchev–Trinajstić information content (AvgIpc) is 4.00. The van der Waals surface area contributed by atoms with Gasteiger partial charge >= 0.3 is 0 Å². The van der Waals surface area contributed by atoms with Crippen LogP contribution in [-0.2, 0) is 37.2 Å². The molecule has 1 saturated heterocycles. The molecule has 0 radical (unpaired) electrons. The van der Waals surface area contributed by atoms with Crippen LogP contribution >= 0.6 is 0 Å². The number of carbonyl (C=O) groups excluding carboxylic acids is 1. The Hall–Kier alpha value is -3.88. The van der Waals surface area contributed by atoms with Crippen molar-refractivity contribution in [2.75, 3.05) is 26.4 Å². The summed E-state index contributed by atoms with van der Waals surface area (Å²) in [5, 5.41) is 17.7. The average molecular weight is 815 g/mol. The van der Waals surface area contributed by atoms with Crippen LogP contribution in [0.2, 0.25) is 51.4 Å². The lowest BCUT2D eigenvalue weighted by Gasteiger charge is -2.21. The molecule has 6 aromatic heterocycles. The van der Waals surface area contributed by atoms with Crippen LogP contribution < -0.4 is 0 Å². The highest BCUT2D eigenvalue weighted by molar-refractivity contribution is 6.76. The van der Waals surface area contributed by atoms with Gasteiger partial charge in [-0.2, -0.15) is 0 Å². The quantitative estimate of drug-likeness (QED) is 0.0918. The van der Waals surface area contributed by atoms with E-state index in [1.165, 1.54) is 0 Å². The number of rotatable bonds is 12. The van der Waals surface area contributed by atoms with Gasteiger partial charge in [0.2, 0.25) is 0 Å². The molecule has 0 bridgehead atoms. The van der Waals surface area contributed by atoms with Crippen LogP contribution in [0.5, 0.6) is 0 Å². The van der Waals surface area contributed by atoms with Gasteiger partial charge in [0.1, 0.15) is 30.9 Å². The van der Waals surface area contributed by atoms with Gasteiger partial charge in [-0.05, 0) is 36.1 Å². The molecular formula is C40H58N10O5Si2. The van der Waals surface area contributed by atoms with E-state index in [0.717, 1.165) is 83.4 Å². The highest BCUT2D eigenvalue weighted by Gasteiger charge is 2.49. The van der Waals surface area contributed by atoms with Crippen molar-refractivity contribution < 1.29 is 23.7 Å². The maximum Gasteiger partial charge on any atom is 0.179 e. The molecule has 1 aliphatic heterocycles. The maximum absolute atomic E-state index is 11.9. The van der Waals surface area contributed by atoms with E-state index in [2.05, 4.69) is 103 Å². The first-order valence-electron chi connectivity index (χ1n) is 20.5. The lowest BCUT2D eigenvalue weighted by atomic mass is 9.97. The van der Waals surface area contributed by atoms with Crippen LogP contribution in [0, 0.1) is 11.8 Å². The SMILES string of the molecule is CC1CC(=O)CC1c1nnc2cnc3c(ccn3COCC[Si](C)(C)C)n12.CC1CC2(CC1c1nnc3cnc4c(ccn4COCC[Si](C)(C)C)n13)OCCO2. The van der Waals surface area contributed by atoms with Gasteiger partial charge in [-0.15, -0.1) is 20.4 Å². The van der Waals surface area contributed by atoms with Gasteiger partial charge in [-0.25, -0.2) is 9.97 Å². The molecule has 7 heterocycles. The van der Waals surface area contributed by atoms with Gasteiger partial charge in [0.15, 0.2) is 28.4 Å². The predicted molar refractivity (Wildman–Crippen MR) is 223 cm³/mol. The number of carbonyl (C=O) groups is 1. The Morgan fingerprint density at radius 1 is 0.702 bits per heavy atom. The third kappa shape index (κ3) is 8.36. The van der Waals surface area contributed by atoms with Gasteiger partial charge < -0.3 is 28.1 Å². The number of hydrogen-bond acceptors (Lipinski definition) is 11. The fraction of sp³-hybridized carbons (Fsp3) is 0.625. The van der Waals surface area contributed by atoms with Crippen LogP contribution in [0.1, 0.15) is 63.0 Å². The first-order chi connectivity index (χ1) is 27.2. The number of aromatic nitrogens is 10. The summed E-state index contributed by atoms with van der Waals surface area (Å²) in [7, 11) is -2.19. The Balaban J connectivity index is 0.000000161. The number of fused-ring (bicyclic) bond motifs is 6. The van der Waals surface area contributed by atoms with E-state index in [1.54, 1.807) is 12.4 Å². The molecular weight excluding hydrogens is 757 g/mol. The molecule has 9 rings (SSSR count). The summed E-state index contributed by atoms with van der Waals surface area (Å²) in [5.74, 6) is 2.76. The molecule has 1 spiro atoms. The van der Waals surface area contributed by atoms with E-state index in [-0.39, 0.29) is 11.8 Å². The summed E-state index contributed by atoms with van der Waals surface area (Å²) < 4.78 is 32.1. The summed E-state index contributed by atoms with van der Waals surface area (Å²) in [6.07, 6.45) is 10.5. The van der Waals surface area contributed by atoms with Crippen LogP contribution in [0.15, 0.2) is 36.9 Å². The first-order valence-corrected chi connectivity index (χ1v) is 27.9. The zero-order valence-corrected chi connectivity index (χ0v) is 36.8. The third-order valence-corrected chi connectivity index (χ3v) is 15.2. The van der Waals surface area contributed by atoms with Crippen molar-refractivity contribution in [2.24, 2.45) is 11.8 Å². The minimum atomic E-state index is -1.09. The minimum Gasteiger partial charge on any atom is -0.361 e. The summed E-state index contributed by atoms with van der Waals surface area (Å²) >= 11 is 0. The molecule has 3 aliphatic rings. The summed E-state index contributed by atoms with van der Waals surface area (Å²) in [6.45, 7) is 22.4. The molecule has 0 amide bonds. The van der Waals surface area contributed by atoms with Crippen molar-refractivity contribution in [1.82, 2.24) is 48.3 Å². The van der Waals surface area contributed by atoms with E-state index < -0.39 is 21.9 Å². The van der Waals surface area contributed by atoms with Crippen molar-refractivity contribution in [3.63, 3.8) is 0 Å². The van der Waals surface area contributed by atoms with Crippen molar-refractivity contribution in [3.8, 4) is 0 Å². The van der Waals surface area contributed by atoms with Crippen molar-refractivity contribution in [2.45, 2.75) is 122 Å². The normalized spacial score (nSPS) is 22.6. The van der Waals surface area contributed by atoms with Gasteiger partial charge in [-0.3, -0.25) is 13.6 Å². The minimum absolute atomic E-state index is 0.120. The highest BCUT2D eigenvalue weighted by atomic mass is 28.3. The molecule has 2 aliphatic carbocycles. The number of nitrogens with zero attached hydrogens (tertiary/aromatic N) is 10. The van der Waals surface area contributed by atoms with Crippen LogP contribution in [0.3, 0.4) is 0 Å². The Bertz CT molecular complexity index is 2370. The number of ketones is 1. The second-order valence-electron chi connectivity index (χ2n) is 18.8. The largest absolute Gasteiger partial charge is 0.361 e. The maximum atomic E-state index is 11.9. The fourth-order valence-electron chi connectivity index (χ4n) is 8.53. The molecule has 0 N–H and O–H groups in total.